The Morgan fingerprint density at radius 1 is 0.935 bits per heavy atom. The lowest BCUT2D eigenvalue weighted by atomic mass is 10.1. The molecule has 3 aromatic carbocycles. The van der Waals surface area contributed by atoms with Gasteiger partial charge in [0.15, 0.2) is 0 Å². The lowest BCUT2D eigenvalue weighted by Gasteiger charge is -2.10. The molecular weight excluding hydrogens is 412 g/mol. The summed E-state index contributed by atoms with van der Waals surface area (Å²) in [5.41, 5.74) is 2.15. The molecule has 2 N–H and O–H groups in total. The summed E-state index contributed by atoms with van der Waals surface area (Å²) in [5.74, 6) is 0.320. The van der Waals surface area contributed by atoms with Gasteiger partial charge in [0.2, 0.25) is 10.0 Å². The predicted octanol–water partition coefficient (Wildman–Crippen LogP) is 4.25. The molecule has 0 atom stereocenters. The molecule has 7 heteroatoms. The van der Waals surface area contributed by atoms with Crippen LogP contribution in [0.5, 0.6) is 5.75 Å². The van der Waals surface area contributed by atoms with Crippen molar-refractivity contribution < 1.29 is 17.9 Å². The Bertz CT molecular complexity index is 1100. The first-order valence-corrected chi connectivity index (χ1v) is 11.6. The third-order valence-corrected chi connectivity index (χ3v) is 6.04. The molecule has 162 valence electrons. The first-order valence-electron chi connectivity index (χ1n) is 10.2. The number of carbonyl (C=O) groups is 1. The average Bonchev–Trinajstić information content (AvgIpc) is 2.79. The van der Waals surface area contributed by atoms with Gasteiger partial charge in [0.1, 0.15) is 5.75 Å². The van der Waals surface area contributed by atoms with E-state index in [9.17, 15) is 13.2 Å². The summed E-state index contributed by atoms with van der Waals surface area (Å²) >= 11 is 0. The minimum Gasteiger partial charge on any atom is -0.493 e. The monoisotopic (exact) mass is 438 g/mol. The Kier molecular flexibility index (Phi) is 7.81. The van der Waals surface area contributed by atoms with Crippen molar-refractivity contribution in [3.05, 3.63) is 90.0 Å². The largest absolute Gasteiger partial charge is 0.493 e. The van der Waals surface area contributed by atoms with Crippen LogP contribution in [-0.2, 0) is 16.4 Å². The van der Waals surface area contributed by atoms with Crippen molar-refractivity contribution >= 4 is 21.6 Å². The zero-order valence-corrected chi connectivity index (χ0v) is 18.2. The first-order chi connectivity index (χ1) is 15.0. The van der Waals surface area contributed by atoms with Crippen molar-refractivity contribution in [2.75, 3.05) is 18.5 Å². The molecule has 0 heterocycles. The van der Waals surface area contributed by atoms with Crippen molar-refractivity contribution in [3.8, 4) is 5.75 Å². The topological polar surface area (TPSA) is 84.5 Å². The van der Waals surface area contributed by atoms with Crippen LogP contribution in [0.25, 0.3) is 0 Å². The number of anilines is 1. The molecule has 31 heavy (non-hydrogen) atoms. The Labute approximate surface area is 183 Å². The molecule has 0 spiro atoms. The highest BCUT2D eigenvalue weighted by Crippen LogP contribution is 2.18. The van der Waals surface area contributed by atoms with Crippen LogP contribution in [0.15, 0.2) is 83.8 Å². The van der Waals surface area contributed by atoms with Crippen LogP contribution in [0, 0.1) is 0 Å². The number of amides is 1. The van der Waals surface area contributed by atoms with Crippen LogP contribution in [0.4, 0.5) is 5.69 Å². The quantitative estimate of drug-likeness (QED) is 0.496. The summed E-state index contributed by atoms with van der Waals surface area (Å²) in [6.07, 6.45) is 1.49. The summed E-state index contributed by atoms with van der Waals surface area (Å²) < 4.78 is 32.6. The maximum Gasteiger partial charge on any atom is 0.255 e. The number of benzene rings is 3. The fourth-order valence-corrected chi connectivity index (χ4v) is 4.03. The van der Waals surface area contributed by atoms with Crippen molar-refractivity contribution in [3.63, 3.8) is 0 Å². The number of hydrogen-bond donors (Lipinski definition) is 2. The van der Waals surface area contributed by atoms with Crippen molar-refractivity contribution in [2.24, 2.45) is 0 Å². The zero-order valence-electron chi connectivity index (χ0n) is 17.4. The first kappa shape index (κ1) is 22.5. The standard InChI is InChI=1S/C24H26N2O4S/c1-2-16-25-31(28,29)23-13-11-21(12-14-23)26-24(27)20-9-6-10-22(18-20)30-17-15-19-7-4-3-5-8-19/h3-14,18,25H,2,15-17H2,1H3,(H,26,27). The molecule has 0 aliphatic rings. The van der Waals surface area contributed by atoms with Crippen LogP contribution in [0.3, 0.4) is 0 Å². The molecule has 6 nitrogen and oxygen atoms in total. The van der Waals surface area contributed by atoms with Crippen LogP contribution in [0.2, 0.25) is 0 Å². The van der Waals surface area contributed by atoms with Gasteiger partial charge in [-0.2, -0.15) is 0 Å². The van der Waals surface area contributed by atoms with Crippen molar-refractivity contribution in [1.29, 1.82) is 0 Å². The highest BCUT2D eigenvalue weighted by Gasteiger charge is 2.13. The summed E-state index contributed by atoms with van der Waals surface area (Å²) in [5, 5.41) is 2.78. The minimum atomic E-state index is -3.53. The summed E-state index contributed by atoms with van der Waals surface area (Å²) in [4.78, 5) is 12.7. The molecule has 0 aliphatic heterocycles. The molecule has 0 radical (unpaired) electrons. The van der Waals surface area contributed by atoms with E-state index in [4.69, 9.17) is 4.74 Å². The molecule has 0 aromatic heterocycles. The maximum atomic E-state index is 12.6. The summed E-state index contributed by atoms with van der Waals surface area (Å²) in [6, 6.07) is 23.1. The number of nitrogens with one attached hydrogen (secondary N) is 2. The fourth-order valence-electron chi connectivity index (χ4n) is 2.90. The number of sulfonamides is 1. The Morgan fingerprint density at radius 2 is 1.68 bits per heavy atom. The van der Waals surface area contributed by atoms with E-state index in [1.165, 1.54) is 17.7 Å². The number of rotatable bonds is 10. The fraction of sp³-hybridized carbons (Fsp3) is 0.208. The van der Waals surface area contributed by atoms with Crippen LogP contribution >= 0.6 is 0 Å². The second-order valence-electron chi connectivity index (χ2n) is 6.99. The molecule has 0 fully saturated rings. The van der Waals surface area contributed by atoms with Crippen molar-refractivity contribution in [2.45, 2.75) is 24.7 Å². The molecule has 0 aliphatic carbocycles. The number of hydrogen-bond acceptors (Lipinski definition) is 4. The van der Waals surface area contributed by atoms with E-state index >= 15 is 0 Å². The van der Waals surface area contributed by atoms with Crippen LogP contribution in [-0.4, -0.2) is 27.5 Å². The number of carbonyl (C=O) groups excluding carboxylic acids is 1. The smallest absolute Gasteiger partial charge is 0.255 e. The van der Waals surface area contributed by atoms with Gasteiger partial charge in [-0.25, -0.2) is 13.1 Å². The minimum absolute atomic E-state index is 0.160. The van der Waals surface area contributed by atoms with Gasteiger partial charge in [-0.05, 0) is 54.4 Å². The molecular formula is C24H26N2O4S. The Morgan fingerprint density at radius 3 is 2.39 bits per heavy atom. The molecule has 1 amide bonds. The third kappa shape index (κ3) is 6.67. The van der Waals surface area contributed by atoms with E-state index in [2.05, 4.69) is 10.0 Å². The highest BCUT2D eigenvalue weighted by atomic mass is 32.2. The second-order valence-corrected chi connectivity index (χ2v) is 8.76. The molecule has 0 saturated carbocycles. The van der Waals surface area contributed by atoms with Gasteiger partial charge >= 0.3 is 0 Å². The van der Waals surface area contributed by atoms with E-state index in [1.54, 1.807) is 30.3 Å². The van der Waals surface area contributed by atoms with E-state index < -0.39 is 10.0 Å². The lowest BCUT2D eigenvalue weighted by Crippen LogP contribution is -2.24. The molecule has 0 saturated heterocycles. The van der Waals surface area contributed by atoms with E-state index in [0.29, 0.717) is 36.6 Å². The SMILES string of the molecule is CCCNS(=O)(=O)c1ccc(NC(=O)c2cccc(OCCc3ccccc3)c2)cc1. The summed E-state index contributed by atoms with van der Waals surface area (Å²) in [6.45, 7) is 2.78. The predicted molar refractivity (Wildman–Crippen MR) is 122 cm³/mol. The van der Waals surface area contributed by atoms with Gasteiger partial charge in [0, 0.05) is 24.2 Å². The van der Waals surface area contributed by atoms with Crippen LogP contribution in [0.1, 0.15) is 29.3 Å². The highest BCUT2D eigenvalue weighted by molar-refractivity contribution is 7.89. The molecule has 3 rings (SSSR count). The maximum absolute atomic E-state index is 12.6. The Balaban J connectivity index is 1.58. The zero-order chi connectivity index (χ0) is 22.1. The van der Waals surface area contributed by atoms with Gasteiger partial charge in [-0.1, -0.05) is 43.3 Å². The average molecular weight is 439 g/mol. The summed E-state index contributed by atoms with van der Waals surface area (Å²) in [7, 11) is -3.53. The van der Waals surface area contributed by atoms with Gasteiger partial charge in [0.05, 0.1) is 11.5 Å². The van der Waals surface area contributed by atoms with Crippen molar-refractivity contribution in [1.82, 2.24) is 4.72 Å². The normalized spacial score (nSPS) is 11.1. The molecule has 0 bridgehead atoms. The Hall–Kier alpha value is -3.16. The van der Waals surface area contributed by atoms with Gasteiger partial charge in [-0.3, -0.25) is 4.79 Å². The number of ether oxygens (including phenoxy) is 1. The van der Waals surface area contributed by atoms with Gasteiger partial charge in [-0.15, -0.1) is 0 Å². The van der Waals surface area contributed by atoms with Gasteiger partial charge < -0.3 is 10.1 Å². The van der Waals surface area contributed by atoms with Crippen LogP contribution < -0.4 is 14.8 Å². The van der Waals surface area contributed by atoms with E-state index in [-0.39, 0.29) is 10.8 Å². The third-order valence-electron chi connectivity index (χ3n) is 4.56. The molecule has 3 aromatic rings. The lowest BCUT2D eigenvalue weighted by molar-refractivity contribution is 0.102. The van der Waals surface area contributed by atoms with E-state index in [1.807, 2.05) is 43.3 Å². The molecule has 0 unspecified atom stereocenters. The van der Waals surface area contributed by atoms with Gasteiger partial charge in [0.25, 0.3) is 5.91 Å². The van der Waals surface area contributed by atoms with E-state index in [0.717, 1.165) is 6.42 Å². The second kappa shape index (κ2) is 10.7.